The lowest BCUT2D eigenvalue weighted by Gasteiger charge is -2.11. The van der Waals surface area contributed by atoms with E-state index >= 15 is 0 Å². The number of ether oxygens (including phenoxy) is 1. The fourth-order valence-corrected chi connectivity index (χ4v) is 2.77. The minimum absolute atomic E-state index is 0.371. The molecule has 0 heterocycles. The Hall–Kier alpha value is -0.910. The second-order valence-corrected chi connectivity index (χ2v) is 5.84. The molecule has 0 radical (unpaired) electrons. The third-order valence-corrected chi connectivity index (χ3v) is 3.64. The molecule has 5 heteroatoms. The molecule has 19 heavy (non-hydrogen) atoms. The van der Waals surface area contributed by atoms with Gasteiger partial charge in [0.15, 0.2) is 0 Å². The number of rotatable bonds is 3. The lowest BCUT2D eigenvalue weighted by Crippen LogP contribution is -1.93. The van der Waals surface area contributed by atoms with Crippen LogP contribution in [-0.2, 0) is 0 Å². The van der Waals surface area contributed by atoms with Crippen molar-refractivity contribution in [3.63, 3.8) is 0 Å². The Bertz CT molecular complexity index is 580. The second kappa shape index (κ2) is 6.03. The van der Waals surface area contributed by atoms with Gasteiger partial charge in [-0.2, -0.15) is 0 Å². The van der Waals surface area contributed by atoms with Gasteiger partial charge in [-0.05, 0) is 36.8 Å². The normalized spacial score (nSPS) is 12.3. The summed E-state index contributed by atoms with van der Waals surface area (Å²) < 4.78 is 20.2. The summed E-state index contributed by atoms with van der Waals surface area (Å²) in [4.78, 5) is 0. The quantitative estimate of drug-likeness (QED) is 0.781. The fourth-order valence-electron chi connectivity index (χ4n) is 1.63. The maximum atomic E-state index is 13.2. The molecule has 0 fully saturated rings. The van der Waals surface area contributed by atoms with Gasteiger partial charge in [-0.3, -0.25) is 0 Å². The average Bonchev–Trinajstić information content (AvgIpc) is 2.26. The van der Waals surface area contributed by atoms with Gasteiger partial charge in [0.25, 0.3) is 0 Å². The van der Waals surface area contributed by atoms with Crippen molar-refractivity contribution in [3.8, 4) is 11.5 Å². The van der Waals surface area contributed by atoms with E-state index in [1.807, 2.05) is 0 Å². The number of hydrogen-bond acceptors (Lipinski definition) is 2. The monoisotopic (exact) mass is 388 g/mol. The second-order valence-electron chi connectivity index (χ2n) is 4.07. The molecule has 0 bridgehead atoms. The Morgan fingerprint density at radius 3 is 2.42 bits per heavy atom. The van der Waals surface area contributed by atoms with E-state index in [2.05, 4.69) is 31.9 Å². The number of halogens is 3. The minimum Gasteiger partial charge on any atom is -0.457 e. The molecule has 0 aliphatic carbocycles. The lowest BCUT2D eigenvalue weighted by molar-refractivity contribution is 0.198. The van der Waals surface area contributed by atoms with E-state index in [1.165, 1.54) is 12.1 Å². The van der Waals surface area contributed by atoms with Crippen molar-refractivity contribution in [2.75, 3.05) is 0 Å². The Kier molecular flexibility index (Phi) is 4.60. The van der Waals surface area contributed by atoms with Crippen molar-refractivity contribution in [2.24, 2.45) is 0 Å². The predicted molar refractivity (Wildman–Crippen MR) is 78.9 cm³/mol. The molecule has 0 aromatic heterocycles. The van der Waals surface area contributed by atoms with Crippen molar-refractivity contribution in [3.05, 3.63) is 56.7 Å². The van der Waals surface area contributed by atoms with E-state index < -0.39 is 6.10 Å². The van der Waals surface area contributed by atoms with Gasteiger partial charge >= 0.3 is 0 Å². The number of aliphatic hydroxyl groups is 1. The molecule has 2 nitrogen and oxygen atoms in total. The summed E-state index contributed by atoms with van der Waals surface area (Å²) in [5, 5.41) is 9.53. The van der Waals surface area contributed by atoms with E-state index in [0.29, 0.717) is 16.0 Å². The van der Waals surface area contributed by atoms with Crippen LogP contribution in [0.25, 0.3) is 0 Å². The lowest BCUT2D eigenvalue weighted by atomic mass is 10.1. The van der Waals surface area contributed by atoms with Crippen molar-refractivity contribution in [2.45, 2.75) is 13.0 Å². The molecule has 100 valence electrons. The molecular formula is C14H11Br2FO2. The zero-order chi connectivity index (χ0) is 14.0. The van der Waals surface area contributed by atoms with Crippen molar-refractivity contribution >= 4 is 31.9 Å². The van der Waals surface area contributed by atoms with Gasteiger partial charge < -0.3 is 9.84 Å². The summed E-state index contributed by atoms with van der Waals surface area (Å²) in [5.74, 6) is 0.599. The Balaban J connectivity index is 2.26. The zero-order valence-electron chi connectivity index (χ0n) is 10.0. The van der Waals surface area contributed by atoms with E-state index in [0.717, 1.165) is 10.0 Å². The van der Waals surface area contributed by atoms with Crippen LogP contribution >= 0.6 is 31.9 Å². The maximum absolute atomic E-state index is 13.2. The first-order valence-electron chi connectivity index (χ1n) is 5.57. The van der Waals surface area contributed by atoms with Gasteiger partial charge in [0, 0.05) is 15.0 Å². The van der Waals surface area contributed by atoms with Crippen LogP contribution in [0.15, 0.2) is 45.3 Å². The summed E-state index contributed by atoms with van der Waals surface area (Å²) in [6.45, 7) is 1.68. The van der Waals surface area contributed by atoms with Crippen molar-refractivity contribution in [1.29, 1.82) is 0 Å². The molecule has 0 amide bonds. The fraction of sp³-hybridized carbons (Fsp3) is 0.143. The van der Waals surface area contributed by atoms with Crippen LogP contribution in [0.5, 0.6) is 11.5 Å². The largest absolute Gasteiger partial charge is 0.457 e. The molecule has 2 aromatic rings. The smallest absolute Gasteiger partial charge is 0.131 e. The van der Waals surface area contributed by atoms with Gasteiger partial charge in [-0.1, -0.05) is 37.9 Å². The van der Waals surface area contributed by atoms with Crippen LogP contribution in [0, 0.1) is 5.82 Å². The van der Waals surface area contributed by atoms with Gasteiger partial charge in [0.1, 0.15) is 17.3 Å². The number of hydrogen-bond donors (Lipinski definition) is 1. The van der Waals surface area contributed by atoms with Crippen LogP contribution in [-0.4, -0.2) is 5.11 Å². The molecular weight excluding hydrogens is 379 g/mol. The number of aliphatic hydroxyl groups excluding tert-OH is 1. The van der Waals surface area contributed by atoms with E-state index in [4.69, 9.17) is 4.74 Å². The summed E-state index contributed by atoms with van der Waals surface area (Å²) in [6.07, 6.45) is -0.563. The first kappa shape index (κ1) is 14.5. The van der Waals surface area contributed by atoms with Gasteiger partial charge in [-0.25, -0.2) is 4.39 Å². The highest BCUT2D eigenvalue weighted by Crippen LogP contribution is 2.31. The zero-order valence-corrected chi connectivity index (χ0v) is 13.2. The predicted octanol–water partition coefficient (Wildman–Crippen LogP) is 5.20. The standard InChI is InChI=1S/C14H11Br2FO2/c1-8(18)13-3-2-11(7-14(13)16)19-12-5-9(15)4-10(17)6-12/h2-8,18H,1H3/t8-/m1/s1. The van der Waals surface area contributed by atoms with Crippen molar-refractivity contribution in [1.82, 2.24) is 0 Å². The average molecular weight is 390 g/mol. The van der Waals surface area contributed by atoms with Crippen LogP contribution in [0.2, 0.25) is 0 Å². The Labute approximate surface area is 127 Å². The van der Waals surface area contributed by atoms with Crippen LogP contribution < -0.4 is 4.74 Å². The Morgan fingerprint density at radius 1 is 1.11 bits per heavy atom. The first-order chi connectivity index (χ1) is 8.95. The van der Waals surface area contributed by atoms with Gasteiger partial charge in [0.2, 0.25) is 0 Å². The molecule has 2 aromatic carbocycles. The Morgan fingerprint density at radius 2 is 1.84 bits per heavy atom. The van der Waals surface area contributed by atoms with E-state index in [1.54, 1.807) is 31.2 Å². The molecule has 0 saturated heterocycles. The van der Waals surface area contributed by atoms with Crippen LogP contribution in [0.3, 0.4) is 0 Å². The molecule has 1 atom stereocenters. The number of benzene rings is 2. The third-order valence-electron chi connectivity index (χ3n) is 2.49. The summed E-state index contributed by atoms with van der Waals surface area (Å²) in [7, 11) is 0. The highest BCUT2D eigenvalue weighted by Gasteiger charge is 2.08. The molecule has 0 aliphatic rings. The SMILES string of the molecule is C[C@@H](O)c1ccc(Oc2cc(F)cc(Br)c2)cc1Br. The van der Waals surface area contributed by atoms with E-state index in [9.17, 15) is 9.50 Å². The van der Waals surface area contributed by atoms with E-state index in [-0.39, 0.29) is 5.82 Å². The molecule has 0 saturated carbocycles. The summed E-state index contributed by atoms with van der Waals surface area (Å²) >= 11 is 6.58. The maximum Gasteiger partial charge on any atom is 0.131 e. The highest BCUT2D eigenvalue weighted by atomic mass is 79.9. The minimum atomic E-state index is -0.563. The summed E-state index contributed by atoms with van der Waals surface area (Å²) in [6, 6.07) is 9.57. The topological polar surface area (TPSA) is 29.5 Å². The molecule has 0 unspecified atom stereocenters. The molecule has 2 rings (SSSR count). The van der Waals surface area contributed by atoms with Gasteiger partial charge in [0.05, 0.1) is 6.10 Å². The molecule has 0 spiro atoms. The van der Waals surface area contributed by atoms with Crippen LogP contribution in [0.4, 0.5) is 4.39 Å². The van der Waals surface area contributed by atoms with Crippen molar-refractivity contribution < 1.29 is 14.2 Å². The molecule has 1 N–H and O–H groups in total. The third kappa shape index (κ3) is 3.78. The highest BCUT2D eigenvalue weighted by molar-refractivity contribution is 9.10. The van der Waals surface area contributed by atoms with Crippen LogP contribution in [0.1, 0.15) is 18.6 Å². The summed E-state index contributed by atoms with van der Waals surface area (Å²) in [5.41, 5.74) is 0.771. The van der Waals surface area contributed by atoms with Gasteiger partial charge in [-0.15, -0.1) is 0 Å². The first-order valence-corrected chi connectivity index (χ1v) is 7.16. The molecule has 0 aliphatic heterocycles.